The lowest BCUT2D eigenvalue weighted by Gasteiger charge is -2.13. The van der Waals surface area contributed by atoms with E-state index in [1.165, 1.54) is 4.31 Å². The van der Waals surface area contributed by atoms with Crippen LogP contribution in [-0.2, 0) is 20.0 Å². The lowest BCUT2D eigenvalue weighted by molar-refractivity contribution is 0.0696. The second-order valence-corrected chi connectivity index (χ2v) is 8.21. The summed E-state index contributed by atoms with van der Waals surface area (Å²) in [5.41, 5.74) is -0.280. The zero-order valence-corrected chi connectivity index (χ0v) is 12.5. The van der Waals surface area contributed by atoms with E-state index in [0.717, 1.165) is 12.3 Å². The molecule has 0 amide bonds. The van der Waals surface area contributed by atoms with Crippen LogP contribution in [0.15, 0.2) is 21.8 Å². The smallest absolute Gasteiger partial charge is 0.339 e. The number of carbonyl (C=O) groups is 1. The van der Waals surface area contributed by atoms with Crippen LogP contribution in [0.2, 0.25) is 0 Å². The van der Waals surface area contributed by atoms with Crippen molar-refractivity contribution in [2.75, 3.05) is 25.4 Å². The van der Waals surface area contributed by atoms with E-state index in [2.05, 4.69) is 4.72 Å². The Bertz CT molecular complexity index is 735. The van der Waals surface area contributed by atoms with Gasteiger partial charge in [0.05, 0.1) is 11.3 Å². The third-order valence-electron chi connectivity index (χ3n) is 2.94. The maximum atomic E-state index is 11.8. The minimum Gasteiger partial charge on any atom is -0.478 e. The van der Waals surface area contributed by atoms with Crippen LogP contribution in [0, 0.1) is 0 Å². The van der Waals surface area contributed by atoms with Gasteiger partial charge in [-0.05, 0) is 6.42 Å². The average molecular weight is 338 g/mol. The van der Waals surface area contributed by atoms with Gasteiger partial charge >= 0.3 is 5.97 Å². The Morgan fingerprint density at radius 1 is 1.48 bits per heavy atom. The molecule has 0 spiro atoms. The van der Waals surface area contributed by atoms with Gasteiger partial charge in [0, 0.05) is 25.7 Å². The fourth-order valence-electron chi connectivity index (χ4n) is 1.89. The number of nitrogens with zero attached hydrogens (tertiary/aromatic N) is 1. The Morgan fingerprint density at radius 3 is 2.71 bits per heavy atom. The zero-order chi connectivity index (χ0) is 15.7. The SMILES string of the molecule is O=C(O)c1coc(S(=O)(=O)NCCN2CCCS2(=O)=O)c1. The fourth-order valence-corrected chi connectivity index (χ4v) is 4.38. The number of rotatable bonds is 6. The van der Waals surface area contributed by atoms with E-state index in [9.17, 15) is 21.6 Å². The van der Waals surface area contributed by atoms with Crippen LogP contribution in [0.5, 0.6) is 0 Å². The lowest BCUT2D eigenvalue weighted by atomic mass is 10.4. The topological polar surface area (TPSA) is 134 Å². The van der Waals surface area contributed by atoms with E-state index in [1.807, 2.05) is 0 Å². The zero-order valence-electron chi connectivity index (χ0n) is 10.9. The number of carboxylic acids is 1. The van der Waals surface area contributed by atoms with Gasteiger partial charge in [-0.2, -0.15) is 0 Å². The van der Waals surface area contributed by atoms with Gasteiger partial charge in [-0.15, -0.1) is 0 Å². The Labute approximate surface area is 121 Å². The van der Waals surface area contributed by atoms with Crippen molar-refractivity contribution in [1.82, 2.24) is 9.03 Å². The molecule has 9 nitrogen and oxygen atoms in total. The summed E-state index contributed by atoms with van der Waals surface area (Å²) >= 11 is 0. The van der Waals surface area contributed by atoms with Gasteiger partial charge in [0.25, 0.3) is 10.0 Å². The second-order valence-electron chi connectivity index (χ2n) is 4.43. The molecule has 118 valence electrons. The number of carboxylic acid groups (broad SMARTS) is 1. The number of sulfonamides is 2. The van der Waals surface area contributed by atoms with Gasteiger partial charge in [0.1, 0.15) is 6.26 Å². The van der Waals surface area contributed by atoms with Crippen LogP contribution in [0.1, 0.15) is 16.8 Å². The average Bonchev–Trinajstić information content (AvgIpc) is 2.97. The minimum absolute atomic E-state index is 0.0219. The maximum absolute atomic E-state index is 11.8. The molecular weight excluding hydrogens is 324 g/mol. The summed E-state index contributed by atoms with van der Waals surface area (Å²) < 4.78 is 54.8. The number of nitrogens with one attached hydrogen (secondary N) is 1. The highest BCUT2D eigenvalue weighted by molar-refractivity contribution is 7.89. The highest BCUT2D eigenvalue weighted by Gasteiger charge is 2.28. The van der Waals surface area contributed by atoms with Gasteiger partial charge < -0.3 is 9.52 Å². The Kier molecular flexibility index (Phi) is 4.37. The number of furan rings is 1. The Balaban J connectivity index is 1.96. The van der Waals surface area contributed by atoms with Crippen LogP contribution in [-0.4, -0.2) is 57.6 Å². The molecular formula is C10H14N2O7S2. The summed E-state index contributed by atoms with van der Waals surface area (Å²) in [4.78, 5) is 10.7. The molecule has 1 aliphatic heterocycles. The van der Waals surface area contributed by atoms with E-state index in [1.54, 1.807) is 0 Å². The summed E-state index contributed by atoms with van der Waals surface area (Å²) in [6.45, 7) is 0.271. The second kappa shape index (κ2) is 5.75. The number of hydrogen-bond donors (Lipinski definition) is 2. The first-order chi connectivity index (χ1) is 9.72. The highest BCUT2D eigenvalue weighted by Crippen LogP contribution is 2.14. The van der Waals surface area contributed by atoms with Gasteiger partial charge in [-0.25, -0.2) is 30.7 Å². The van der Waals surface area contributed by atoms with E-state index in [4.69, 9.17) is 9.52 Å². The minimum atomic E-state index is -4.00. The lowest BCUT2D eigenvalue weighted by Crippen LogP contribution is -2.35. The van der Waals surface area contributed by atoms with Crippen molar-refractivity contribution in [3.63, 3.8) is 0 Å². The standard InChI is InChI=1S/C10H14N2O7S2/c13-10(14)8-6-9(19-7-8)21(17,18)11-2-4-12-3-1-5-20(12,15)16/h6-7,11H,1-5H2,(H,13,14). The van der Waals surface area contributed by atoms with Gasteiger partial charge in [-0.1, -0.05) is 0 Å². The first kappa shape index (κ1) is 15.9. The number of hydrogen-bond acceptors (Lipinski definition) is 6. The van der Waals surface area contributed by atoms with Crippen LogP contribution in [0.25, 0.3) is 0 Å². The first-order valence-electron chi connectivity index (χ1n) is 6.02. The largest absolute Gasteiger partial charge is 0.478 e. The van der Waals surface area contributed by atoms with Gasteiger partial charge in [0.15, 0.2) is 0 Å². The fraction of sp³-hybridized carbons (Fsp3) is 0.500. The van der Waals surface area contributed by atoms with Crippen molar-refractivity contribution >= 4 is 26.0 Å². The molecule has 1 aromatic rings. The molecule has 0 saturated carbocycles. The van der Waals surface area contributed by atoms with Crippen LogP contribution < -0.4 is 4.72 Å². The quantitative estimate of drug-likeness (QED) is 0.700. The normalized spacial score (nSPS) is 18.9. The molecule has 2 N–H and O–H groups in total. The molecule has 21 heavy (non-hydrogen) atoms. The van der Waals surface area contributed by atoms with Crippen LogP contribution >= 0.6 is 0 Å². The predicted molar refractivity (Wildman–Crippen MR) is 70.8 cm³/mol. The highest BCUT2D eigenvalue weighted by atomic mass is 32.2. The Morgan fingerprint density at radius 2 is 2.19 bits per heavy atom. The van der Waals surface area contributed by atoms with Crippen molar-refractivity contribution in [2.24, 2.45) is 0 Å². The summed E-state index contributed by atoms with van der Waals surface area (Å²) in [5.74, 6) is -1.23. The predicted octanol–water partition coefficient (Wildman–Crippen LogP) is -0.708. The number of aromatic carboxylic acids is 1. The van der Waals surface area contributed by atoms with Crippen molar-refractivity contribution in [2.45, 2.75) is 11.5 Å². The summed E-state index contributed by atoms with van der Waals surface area (Å²) in [5, 5.41) is 8.17. The molecule has 1 saturated heterocycles. The molecule has 1 fully saturated rings. The molecule has 2 rings (SSSR count). The van der Waals surface area contributed by atoms with Crippen molar-refractivity contribution in [3.05, 3.63) is 17.9 Å². The van der Waals surface area contributed by atoms with Crippen LogP contribution in [0.3, 0.4) is 0 Å². The molecule has 0 aromatic carbocycles. The summed E-state index contributed by atoms with van der Waals surface area (Å²) in [6, 6.07) is 0.886. The van der Waals surface area contributed by atoms with E-state index in [0.29, 0.717) is 13.0 Å². The molecule has 2 heterocycles. The molecule has 0 unspecified atom stereocenters. The van der Waals surface area contributed by atoms with E-state index < -0.39 is 31.1 Å². The van der Waals surface area contributed by atoms with Gasteiger partial charge in [0.2, 0.25) is 15.1 Å². The van der Waals surface area contributed by atoms with Crippen molar-refractivity contribution in [3.8, 4) is 0 Å². The molecule has 0 radical (unpaired) electrons. The third-order valence-corrected chi connectivity index (χ3v) is 6.23. The van der Waals surface area contributed by atoms with Crippen molar-refractivity contribution in [1.29, 1.82) is 0 Å². The van der Waals surface area contributed by atoms with Crippen molar-refractivity contribution < 1.29 is 31.2 Å². The van der Waals surface area contributed by atoms with Crippen LogP contribution in [0.4, 0.5) is 0 Å². The van der Waals surface area contributed by atoms with Gasteiger partial charge in [-0.3, -0.25) is 0 Å². The van der Waals surface area contributed by atoms with E-state index >= 15 is 0 Å². The molecule has 11 heteroatoms. The molecule has 0 bridgehead atoms. The molecule has 0 aliphatic carbocycles. The first-order valence-corrected chi connectivity index (χ1v) is 9.11. The maximum Gasteiger partial charge on any atom is 0.339 e. The monoisotopic (exact) mass is 338 g/mol. The molecule has 1 aliphatic rings. The Hall–Kier alpha value is -1.43. The molecule has 0 atom stereocenters. The van der Waals surface area contributed by atoms with E-state index in [-0.39, 0.29) is 24.4 Å². The third kappa shape index (κ3) is 3.61. The molecule has 1 aromatic heterocycles. The summed E-state index contributed by atoms with van der Waals surface area (Å²) in [6.07, 6.45) is 1.34. The summed E-state index contributed by atoms with van der Waals surface area (Å²) in [7, 11) is -7.28.